The van der Waals surface area contributed by atoms with Crippen LogP contribution in [0.3, 0.4) is 0 Å². The van der Waals surface area contributed by atoms with Crippen LogP contribution < -0.4 is 20.5 Å². The maximum atomic E-state index is 2.53. The molecule has 8 aromatic carbocycles. The molecule has 245 valence electrons. The SMILES string of the molecule is c1ccc(-c2ccc(N(c3ccccc3)c3ccc4c(c3)C3(c5ccccc5Sc5ccccc53)c3ccccc3[Si]4c3ccccc3)cc2)cc1. The van der Waals surface area contributed by atoms with Crippen molar-refractivity contribution in [2.45, 2.75) is 15.2 Å². The molecule has 0 saturated heterocycles. The molecule has 0 aromatic heterocycles. The Labute approximate surface area is 311 Å². The maximum Gasteiger partial charge on any atom is 0.155 e. The van der Waals surface area contributed by atoms with Crippen molar-refractivity contribution in [1.29, 1.82) is 0 Å². The zero-order valence-electron chi connectivity index (χ0n) is 28.5. The molecule has 52 heavy (non-hydrogen) atoms. The van der Waals surface area contributed by atoms with E-state index in [-0.39, 0.29) is 0 Å². The van der Waals surface area contributed by atoms with Gasteiger partial charge in [0.2, 0.25) is 0 Å². The predicted molar refractivity (Wildman–Crippen MR) is 220 cm³/mol. The van der Waals surface area contributed by atoms with Crippen molar-refractivity contribution >= 4 is 53.2 Å². The van der Waals surface area contributed by atoms with Gasteiger partial charge in [-0.1, -0.05) is 175 Å². The highest BCUT2D eigenvalue weighted by atomic mass is 32.2. The summed E-state index contributed by atoms with van der Waals surface area (Å²) in [7, 11) is -1.35. The second-order valence-electron chi connectivity index (χ2n) is 13.4. The lowest BCUT2D eigenvalue weighted by molar-refractivity contribution is 0.708. The van der Waals surface area contributed by atoms with Crippen molar-refractivity contribution in [1.82, 2.24) is 0 Å². The molecule has 0 N–H and O–H groups in total. The Morgan fingerprint density at radius 2 is 0.846 bits per heavy atom. The van der Waals surface area contributed by atoms with Gasteiger partial charge in [0.25, 0.3) is 0 Å². The van der Waals surface area contributed by atoms with Crippen LogP contribution in [0, 0.1) is 0 Å². The molecule has 8 aromatic rings. The Bertz CT molecular complexity index is 2500. The van der Waals surface area contributed by atoms with Crippen molar-refractivity contribution in [3.63, 3.8) is 0 Å². The maximum absolute atomic E-state index is 2.53. The average molecular weight is 697 g/mol. The number of benzene rings is 8. The average Bonchev–Trinajstić information content (AvgIpc) is 3.22. The fraction of sp³-hybridized carbons (Fsp3) is 0.0204. The lowest BCUT2D eigenvalue weighted by atomic mass is 9.64. The molecular formula is C49H34NSSi. The molecule has 1 nitrogen and oxygen atoms in total. The summed E-state index contributed by atoms with van der Waals surface area (Å²) in [4.78, 5) is 5.06. The van der Waals surface area contributed by atoms with Crippen LogP contribution >= 0.6 is 11.8 Å². The summed E-state index contributed by atoms with van der Waals surface area (Å²) in [6, 6.07) is 76.6. The van der Waals surface area contributed by atoms with Gasteiger partial charge < -0.3 is 4.90 Å². The van der Waals surface area contributed by atoms with Gasteiger partial charge in [0.15, 0.2) is 8.80 Å². The lowest BCUT2D eigenvalue weighted by Crippen LogP contribution is -2.62. The van der Waals surface area contributed by atoms with Crippen LogP contribution in [0.25, 0.3) is 11.1 Å². The van der Waals surface area contributed by atoms with Crippen molar-refractivity contribution in [3.8, 4) is 11.1 Å². The Hall–Kier alpha value is -5.87. The molecule has 2 aliphatic heterocycles. The monoisotopic (exact) mass is 696 g/mol. The third-order valence-electron chi connectivity index (χ3n) is 10.6. The molecule has 0 amide bonds. The molecule has 2 aliphatic rings. The highest BCUT2D eigenvalue weighted by molar-refractivity contribution is 7.99. The van der Waals surface area contributed by atoms with E-state index in [1.807, 2.05) is 11.8 Å². The number of fused-ring (bicyclic) bond motifs is 8. The molecule has 0 saturated carbocycles. The van der Waals surface area contributed by atoms with Crippen LogP contribution in [0.15, 0.2) is 216 Å². The molecule has 0 atom stereocenters. The first kappa shape index (κ1) is 30.9. The zero-order chi connectivity index (χ0) is 34.5. The summed E-state index contributed by atoms with van der Waals surface area (Å²) in [6.45, 7) is 0. The molecular weight excluding hydrogens is 663 g/mol. The Morgan fingerprint density at radius 3 is 1.52 bits per heavy atom. The summed E-state index contributed by atoms with van der Waals surface area (Å²) >= 11 is 1.90. The van der Waals surface area contributed by atoms with Gasteiger partial charge in [-0.3, -0.25) is 0 Å². The number of anilines is 3. The number of hydrogen-bond acceptors (Lipinski definition) is 2. The second kappa shape index (κ2) is 12.7. The Kier molecular flexibility index (Phi) is 7.56. The highest BCUT2D eigenvalue weighted by Crippen LogP contribution is 2.56. The van der Waals surface area contributed by atoms with E-state index in [0.717, 1.165) is 17.1 Å². The van der Waals surface area contributed by atoms with Crippen molar-refractivity contribution in [2.24, 2.45) is 0 Å². The fourth-order valence-corrected chi connectivity index (χ4v) is 12.7. The van der Waals surface area contributed by atoms with E-state index < -0.39 is 14.2 Å². The van der Waals surface area contributed by atoms with Gasteiger partial charge in [-0.2, -0.15) is 0 Å². The molecule has 0 unspecified atom stereocenters. The zero-order valence-corrected chi connectivity index (χ0v) is 30.3. The van der Waals surface area contributed by atoms with Gasteiger partial charge in [-0.05, 0) is 92.3 Å². The molecule has 2 heterocycles. The van der Waals surface area contributed by atoms with Gasteiger partial charge in [0.1, 0.15) is 0 Å². The van der Waals surface area contributed by atoms with Gasteiger partial charge in [-0.25, -0.2) is 0 Å². The molecule has 0 aliphatic carbocycles. The summed E-state index contributed by atoms with van der Waals surface area (Å²) in [5.74, 6) is 0. The first-order valence-electron chi connectivity index (χ1n) is 17.9. The van der Waals surface area contributed by atoms with E-state index in [9.17, 15) is 0 Å². The van der Waals surface area contributed by atoms with Crippen LogP contribution in [0.5, 0.6) is 0 Å². The van der Waals surface area contributed by atoms with Gasteiger partial charge in [0.05, 0.1) is 5.41 Å². The topological polar surface area (TPSA) is 3.24 Å². The van der Waals surface area contributed by atoms with Crippen LogP contribution in [-0.4, -0.2) is 8.80 Å². The summed E-state index contributed by atoms with van der Waals surface area (Å²) in [6.07, 6.45) is 0. The molecule has 3 heteroatoms. The minimum absolute atomic E-state index is 0.483. The first-order chi connectivity index (χ1) is 25.8. The van der Waals surface area contributed by atoms with Crippen LogP contribution in [0.1, 0.15) is 22.3 Å². The Morgan fingerprint density at radius 1 is 0.365 bits per heavy atom. The van der Waals surface area contributed by atoms with Crippen LogP contribution in [0.2, 0.25) is 0 Å². The number of nitrogens with zero attached hydrogens (tertiary/aromatic N) is 1. The van der Waals surface area contributed by atoms with E-state index >= 15 is 0 Å². The largest absolute Gasteiger partial charge is 0.310 e. The van der Waals surface area contributed by atoms with Crippen molar-refractivity contribution < 1.29 is 0 Å². The lowest BCUT2D eigenvalue weighted by Gasteiger charge is -2.48. The predicted octanol–water partition coefficient (Wildman–Crippen LogP) is 10.5. The summed E-state index contributed by atoms with van der Waals surface area (Å²) < 4.78 is 0. The number of rotatable bonds is 5. The third kappa shape index (κ3) is 4.85. The number of hydrogen-bond donors (Lipinski definition) is 0. The summed E-state index contributed by atoms with van der Waals surface area (Å²) in [5, 5.41) is 4.32. The Balaban J connectivity index is 1.27. The smallest absolute Gasteiger partial charge is 0.155 e. The van der Waals surface area contributed by atoms with Crippen LogP contribution in [0.4, 0.5) is 17.1 Å². The molecule has 0 bridgehead atoms. The third-order valence-corrected chi connectivity index (χ3v) is 14.7. The normalized spacial score (nSPS) is 13.8. The van der Waals surface area contributed by atoms with Crippen LogP contribution in [-0.2, 0) is 5.41 Å². The van der Waals surface area contributed by atoms with Crippen molar-refractivity contribution in [3.05, 3.63) is 229 Å². The fourth-order valence-electron chi connectivity index (χ4n) is 8.47. The minimum atomic E-state index is -1.35. The minimum Gasteiger partial charge on any atom is -0.310 e. The van der Waals surface area contributed by atoms with E-state index in [1.165, 1.54) is 58.7 Å². The van der Waals surface area contributed by atoms with Gasteiger partial charge >= 0.3 is 0 Å². The van der Waals surface area contributed by atoms with E-state index in [2.05, 4.69) is 211 Å². The first-order valence-corrected chi connectivity index (χ1v) is 20.2. The molecule has 0 fully saturated rings. The standard InChI is InChI=1S/C49H34NSSi/c1-4-16-35(17-5-1)36-28-30-38(31-29-36)50(37-18-6-2-7-19-37)39-32-33-48-44(34-39)49(41-22-10-13-25-45(41)51-46-26-14-11-23-42(46)49)43-24-12-15-27-47(43)52(48)40-20-8-3-9-21-40/h1-34H. The molecule has 10 rings (SSSR count). The van der Waals surface area contributed by atoms with E-state index in [4.69, 9.17) is 0 Å². The highest BCUT2D eigenvalue weighted by Gasteiger charge is 2.51. The quantitative estimate of drug-likeness (QED) is 0.165. The van der Waals surface area contributed by atoms with Gasteiger partial charge in [-0.15, -0.1) is 0 Å². The number of para-hydroxylation sites is 1. The molecule has 1 radical (unpaired) electrons. The second-order valence-corrected chi connectivity index (χ2v) is 16.9. The van der Waals surface area contributed by atoms with E-state index in [1.54, 1.807) is 0 Å². The van der Waals surface area contributed by atoms with Gasteiger partial charge in [0, 0.05) is 26.9 Å². The van der Waals surface area contributed by atoms with Crippen molar-refractivity contribution in [2.75, 3.05) is 4.90 Å². The summed E-state index contributed by atoms with van der Waals surface area (Å²) in [5.41, 5.74) is 10.9. The van der Waals surface area contributed by atoms with E-state index in [0.29, 0.717) is 0 Å². The molecule has 1 spiro atoms.